The first kappa shape index (κ1) is 25.9. The van der Waals surface area contributed by atoms with E-state index in [1.54, 1.807) is 25.3 Å². The van der Waals surface area contributed by atoms with E-state index in [0.29, 0.717) is 23.5 Å². The maximum absolute atomic E-state index is 11.5. The monoisotopic (exact) mass is 540 g/mol. The molecule has 1 heterocycles. The van der Waals surface area contributed by atoms with Gasteiger partial charge < -0.3 is 34.3 Å². The molecule has 0 fully saturated rings. The molecule has 40 heavy (non-hydrogen) atoms. The van der Waals surface area contributed by atoms with Gasteiger partial charge in [0.15, 0.2) is 17.6 Å². The molecule has 4 aromatic rings. The molecule has 0 aromatic heterocycles. The van der Waals surface area contributed by atoms with Gasteiger partial charge in [0.1, 0.15) is 17.2 Å². The molecular weight excluding hydrogens is 508 g/mol. The first-order chi connectivity index (χ1) is 19.4. The molecule has 1 aliphatic carbocycles. The van der Waals surface area contributed by atoms with E-state index in [2.05, 4.69) is 12.1 Å². The van der Waals surface area contributed by atoms with E-state index < -0.39 is 12.2 Å². The van der Waals surface area contributed by atoms with Crippen LogP contribution in [0.15, 0.2) is 66.7 Å². The fourth-order valence-electron chi connectivity index (χ4n) is 6.23. The third-order valence-corrected chi connectivity index (χ3v) is 8.03. The van der Waals surface area contributed by atoms with Crippen molar-refractivity contribution in [3.8, 4) is 45.6 Å². The van der Waals surface area contributed by atoms with Crippen molar-refractivity contribution in [3.05, 3.63) is 94.5 Å². The Hall–Kier alpha value is -4.36. The summed E-state index contributed by atoms with van der Waals surface area (Å²) in [7, 11) is 4.58. The molecule has 4 aromatic carbocycles. The molecule has 7 heteroatoms. The number of aromatic hydroxyl groups is 2. The number of methoxy groups -OCH3 is 3. The second kappa shape index (κ2) is 10.3. The number of fused-ring (bicyclic) bond motifs is 5. The van der Waals surface area contributed by atoms with Gasteiger partial charge in [0.2, 0.25) is 5.75 Å². The van der Waals surface area contributed by atoms with Gasteiger partial charge in [-0.15, -0.1) is 0 Å². The van der Waals surface area contributed by atoms with E-state index in [4.69, 9.17) is 18.9 Å². The van der Waals surface area contributed by atoms with Gasteiger partial charge in [0, 0.05) is 29.2 Å². The predicted octanol–water partition coefficient (Wildman–Crippen LogP) is 5.71. The van der Waals surface area contributed by atoms with Crippen molar-refractivity contribution < 1.29 is 34.3 Å². The number of hydrogen-bond acceptors (Lipinski definition) is 7. The topological polar surface area (TPSA) is 97.6 Å². The maximum Gasteiger partial charge on any atom is 0.200 e. The van der Waals surface area contributed by atoms with E-state index in [1.807, 2.05) is 36.4 Å². The molecule has 0 bridgehead atoms. The molecule has 3 N–H and O–H groups in total. The summed E-state index contributed by atoms with van der Waals surface area (Å²) in [4.78, 5) is 0. The van der Waals surface area contributed by atoms with Gasteiger partial charge in [-0.3, -0.25) is 0 Å². The van der Waals surface area contributed by atoms with Crippen LogP contribution in [-0.4, -0.2) is 42.8 Å². The van der Waals surface area contributed by atoms with Crippen LogP contribution in [0.5, 0.6) is 34.5 Å². The average molecular weight is 541 g/mol. The average Bonchev–Trinajstić information content (AvgIpc) is 2.96. The van der Waals surface area contributed by atoms with Gasteiger partial charge in [0.25, 0.3) is 0 Å². The first-order valence-electron chi connectivity index (χ1n) is 13.3. The molecule has 0 saturated carbocycles. The van der Waals surface area contributed by atoms with Crippen LogP contribution in [0.3, 0.4) is 0 Å². The highest BCUT2D eigenvalue weighted by Crippen LogP contribution is 2.53. The van der Waals surface area contributed by atoms with Crippen LogP contribution in [0.2, 0.25) is 0 Å². The molecule has 0 spiro atoms. The molecule has 3 atom stereocenters. The normalized spacial score (nSPS) is 19.1. The zero-order chi connectivity index (χ0) is 28.0. The van der Waals surface area contributed by atoms with Crippen LogP contribution in [0.1, 0.15) is 39.8 Å². The minimum atomic E-state index is -0.859. The van der Waals surface area contributed by atoms with Crippen LogP contribution >= 0.6 is 0 Å². The summed E-state index contributed by atoms with van der Waals surface area (Å²) in [6.07, 6.45) is 0.323. The van der Waals surface area contributed by atoms with E-state index in [9.17, 15) is 15.3 Å². The lowest BCUT2D eigenvalue weighted by Gasteiger charge is -2.37. The second-order valence-electron chi connectivity index (χ2n) is 10.4. The van der Waals surface area contributed by atoms with Gasteiger partial charge >= 0.3 is 0 Å². The lowest BCUT2D eigenvalue weighted by atomic mass is 9.72. The Kier molecular flexibility index (Phi) is 6.68. The summed E-state index contributed by atoms with van der Waals surface area (Å²) >= 11 is 0. The minimum Gasteiger partial charge on any atom is -0.508 e. The van der Waals surface area contributed by atoms with Crippen molar-refractivity contribution in [3.63, 3.8) is 0 Å². The second-order valence-corrected chi connectivity index (χ2v) is 10.4. The maximum atomic E-state index is 11.5. The summed E-state index contributed by atoms with van der Waals surface area (Å²) in [5.41, 5.74) is 6.95. The molecule has 0 radical (unpaired) electrons. The van der Waals surface area contributed by atoms with Crippen molar-refractivity contribution in [2.45, 2.75) is 37.4 Å². The standard InChI is InChI=1S/C33H32O7/c1-37-27-17-26-24(16-25(35)33(40-26)21-14-28(38-2)32(36)29(15-21)39-3)30-20(11-18-7-5-4-6-8-18)12-19-13-22(34)9-10-23(19)31(27)30/h4-10,13-15,17,20,25,33-36H,11-12,16H2,1-3H3/t20-,25+,33-/m0/s1. The number of phenolic OH excluding ortho intramolecular Hbond substituents is 2. The number of aliphatic hydroxyl groups excluding tert-OH is 1. The van der Waals surface area contributed by atoms with Gasteiger partial charge in [-0.05, 0) is 65.3 Å². The Morgan fingerprint density at radius 3 is 2.20 bits per heavy atom. The summed E-state index contributed by atoms with van der Waals surface area (Å²) < 4.78 is 23.1. The van der Waals surface area contributed by atoms with E-state index >= 15 is 0 Å². The van der Waals surface area contributed by atoms with E-state index in [1.165, 1.54) is 19.8 Å². The van der Waals surface area contributed by atoms with Crippen LogP contribution in [-0.2, 0) is 19.3 Å². The molecule has 1 aliphatic heterocycles. The molecule has 0 unspecified atom stereocenters. The Bertz CT molecular complexity index is 1540. The molecule has 0 saturated heterocycles. The van der Waals surface area contributed by atoms with Crippen molar-refractivity contribution in [2.75, 3.05) is 21.3 Å². The van der Waals surface area contributed by atoms with Crippen molar-refractivity contribution in [1.82, 2.24) is 0 Å². The van der Waals surface area contributed by atoms with Crippen LogP contribution in [0.4, 0.5) is 0 Å². The van der Waals surface area contributed by atoms with Gasteiger partial charge in [-0.25, -0.2) is 0 Å². The Morgan fingerprint density at radius 1 is 0.825 bits per heavy atom. The SMILES string of the molecule is COc1cc([C@@H]2Oc3cc(OC)c4c(c3C[C@H]2O)[C@@H](Cc2ccccc2)Cc2cc(O)ccc2-4)cc(OC)c1O. The van der Waals surface area contributed by atoms with Crippen LogP contribution in [0, 0.1) is 0 Å². The zero-order valence-corrected chi connectivity index (χ0v) is 22.7. The summed E-state index contributed by atoms with van der Waals surface area (Å²) in [6.45, 7) is 0. The van der Waals surface area contributed by atoms with Gasteiger partial charge in [-0.1, -0.05) is 36.4 Å². The lowest BCUT2D eigenvalue weighted by molar-refractivity contribution is 0.0200. The van der Waals surface area contributed by atoms with Gasteiger partial charge in [0.05, 0.1) is 27.4 Å². The Labute approximate surface area is 233 Å². The highest BCUT2D eigenvalue weighted by atomic mass is 16.5. The first-order valence-corrected chi connectivity index (χ1v) is 13.3. The smallest absolute Gasteiger partial charge is 0.200 e. The molecule has 6 rings (SSSR count). The predicted molar refractivity (Wildman–Crippen MR) is 151 cm³/mol. The lowest BCUT2D eigenvalue weighted by Crippen LogP contribution is -2.32. The van der Waals surface area contributed by atoms with Crippen molar-refractivity contribution in [2.24, 2.45) is 0 Å². The summed E-state index contributed by atoms with van der Waals surface area (Å²) in [5, 5.41) is 32.1. The van der Waals surface area contributed by atoms with E-state index in [0.717, 1.165) is 40.7 Å². The van der Waals surface area contributed by atoms with Gasteiger partial charge in [-0.2, -0.15) is 0 Å². The van der Waals surface area contributed by atoms with E-state index in [-0.39, 0.29) is 28.9 Å². The highest BCUT2D eigenvalue weighted by molar-refractivity contribution is 5.83. The highest BCUT2D eigenvalue weighted by Gasteiger charge is 2.38. The molecular formula is C33H32O7. The van der Waals surface area contributed by atoms with Crippen molar-refractivity contribution in [1.29, 1.82) is 0 Å². The fraction of sp³-hybridized carbons (Fsp3) is 0.273. The van der Waals surface area contributed by atoms with Crippen LogP contribution in [0.25, 0.3) is 11.1 Å². The quantitative estimate of drug-likeness (QED) is 0.288. The number of benzene rings is 4. The van der Waals surface area contributed by atoms with Crippen LogP contribution < -0.4 is 18.9 Å². The molecule has 7 nitrogen and oxygen atoms in total. The summed E-state index contributed by atoms with van der Waals surface area (Å²) in [6, 6.07) is 21.0. The Balaban J connectivity index is 1.50. The summed E-state index contributed by atoms with van der Waals surface area (Å²) in [5.74, 6) is 2.01. The third-order valence-electron chi connectivity index (χ3n) is 8.03. The third kappa shape index (κ3) is 4.36. The number of hydrogen-bond donors (Lipinski definition) is 3. The number of phenols is 2. The number of rotatable bonds is 6. The van der Waals surface area contributed by atoms with Crippen molar-refractivity contribution >= 4 is 0 Å². The Morgan fingerprint density at radius 2 is 1.52 bits per heavy atom. The molecule has 2 aliphatic rings. The number of aliphatic hydroxyl groups is 1. The fourth-order valence-corrected chi connectivity index (χ4v) is 6.23. The zero-order valence-electron chi connectivity index (χ0n) is 22.7. The molecule has 206 valence electrons. The minimum absolute atomic E-state index is 0.0803. The largest absolute Gasteiger partial charge is 0.508 e. The number of ether oxygens (including phenoxy) is 4. The molecule has 0 amide bonds.